The van der Waals surface area contributed by atoms with E-state index in [9.17, 15) is 19.5 Å². The van der Waals surface area contributed by atoms with Gasteiger partial charge in [-0.25, -0.2) is 4.79 Å². The van der Waals surface area contributed by atoms with E-state index in [1.807, 2.05) is 23.6 Å². The Balaban J connectivity index is 1.24. The summed E-state index contributed by atoms with van der Waals surface area (Å²) in [5.41, 5.74) is 0. The molecular formula is C28H45N3O5. The first-order valence-electron chi connectivity index (χ1n) is 14.5. The van der Waals surface area contributed by atoms with Crippen molar-refractivity contribution in [1.29, 1.82) is 0 Å². The van der Waals surface area contributed by atoms with Gasteiger partial charge < -0.3 is 24.5 Å². The van der Waals surface area contributed by atoms with Gasteiger partial charge in [-0.15, -0.1) is 0 Å². The van der Waals surface area contributed by atoms with Crippen LogP contribution >= 0.6 is 0 Å². The van der Waals surface area contributed by atoms with Crippen molar-refractivity contribution in [1.82, 2.24) is 14.7 Å². The van der Waals surface area contributed by atoms with Gasteiger partial charge in [0, 0.05) is 37.5 Å². The molecule has 2 saturated heterocycles. The number of hydrogen-bond donors (Lipinski definition) is 1. The maximum absolute atomic E-state index is 13.2. The SMILES string of the molecule is CC(C)OC(=O)N1C[C@H](C)N(C(=O)C2CC2)C2CCC(C3CCC(C(=O)N4CC[C@@H](O)C4)CC3)CC21. The summed E-state index contributed by atoms with van der Waals surface area (Å²) in [4.78, 5) is 45.2. The van der Waals surface area contributed by atoms with Crippen molar-refractivity contribution < 1.29 is 24.2 Å². The Labute approximate surface area is 215 Å². The van der Waals surface area contributed by atoms with Crippen LogP contribution in [0.2, 0.25) is 0 Å². The molecule has 3 saturated carbocycles. The summed E-state index contributed by atoms with van der Waals surface area (Å²) in [6.07, 6.45) is 8.79. The second-order valence-corrected chi connectivity index (χ2v) is 12.5. The van der Waals surface area contributed by atoms with Crippen molar-refractivity contribution in [2.75, 3.05) is 19.6 Å². The summed E-state index contributed by atoms with van der Waals surface area (Å²) in [6.45, 7) is 7.57. The molecule has 0 bridgehead atoms. The summed E-state index contributed by atoms with van der Waals surface area (Å²) in [7, 11) is 0. The van der Waals surface area contributed by atoms with Crippen LogP contribution in [0.25, 0.3) is 0 Å². The van der Waals surface area contributed by atoms with Crippen LogP contribution < -0.4 is 0 Å². The fourth-order valence-corrected chi connectivity index (χ4v) is 7.52. The molecule has 3 aliphatic carbocycles. The fourth-order valence-electron chi connectivity index (χ4n) is 7.52. The normalized spacial score (nSPS) is 37.1. The van der Waals surface area contributed by atoms with E-state index in [0.717, 1.165) is 57.8 Å². The number of carbonyl (C=O) groups excluding carboxylic acids is 3. The number of piperazine rings is 1. The van der Waals surface area contributed by atoms with Gasteiger partial charge in [-0.1, -0.05) is 0 Å². The summed E-state index contributed by atoms with van der Waals surface area (Å²) in [5, 5.41) is 9.81. The zero-order chi connectivity index (χ0) is 25.6. The lowest BCUT2D eigenvalue weighted by molar-refractivity contribution is -0.146. The van der Waals surface area contributed by atoms with Crippen molar-refractivity contribution in [2.45, 2.75) is 115 Å². The molecule has 5 rings (SSSR count). The molecule has 5 atom stereocenters. The Bertz CT molecular complexity index is 837. The van der Waals surface area contributed by atoms with Crippen LogP contribution in [0.4, 0.5) is 4.79 Å². The van der Waals surface area contributed by atoms with Gasteiger partial charge in [0.25, 0.3) is 0 Å². The Morgan fingerprint density at radius 1 is 0.806 bits per heavy atom. The molecular weight excluding hydrogens is 458 g/mol. The fraction of sp³-hybridized carbons (Fsp3) is 0.893. The number of carbonyl (C=O) groups is 3. The quantitative estimate of drug-likeness (QED) is 0.635. The summed E-state index contributed by atoms with van der Waals surface area (Å²) in [6, 6.07) is 0.109. The highest BCUT2D eigenvalue weighted by atomic mass is 16.6. The molecule has 3 amide bonds. The van der Waals surface area contributed by atoms with Crippen LogP contribution in [0.3, 0.4) is 0 Å². The second kappa shape index (κ2) is 10.5. The standard InChI is InChI=1S/C28H45N3O5/c1-17(2)36-28(35)30-15-18(3)31(27(34)21-8-9-21)24-11-10-22(14-25(24)30)19-4-6-20(7-5-19)26(33)29-13-12-23(32)16-29/h17-25,32H,4-16H2,1-3H3/t18-,19?,20?,22?,23+,24?,25?/m0/s1. The molecule has 8 nitrogen and oxygen atoms in total. The number of likely N-dealkylation sites (tertiary alicyclic amines) is 1. The third-order valence-electron chi connectivity index (χ3n) is 9.53. The molecule has 0 spiro atoms. The van der Waals surface area contributed by atoms with Crippen LogP contribution in [0.1, 0.15) is 85.0 Å². The van der Waals surface area contributed by atoms with Crippen LogP contribution in [-0.2, 0) is 14.3 Å². The minimum Gasteiger partial charge on any atom is -0.447 e. The monoisotopic (exact) mass is 503 g/mol. The second-order valence-electron chi connectivity index (χ2n) is 12.5. The molecule has 5 fully saturated rings. The number of β-amino-alcohol motifs (C(OH)–C–C–N with tert-alkyl or cyclic N) is 1. The molecule has 0 radical (unpaired) electrons. The van der Waals surface area contributed by atoms with Crippen LogP contribution in [0, 0.1) is 23.7 Å². The first-order valence-corrected chi connectivity index (χ1v) is 14.5. The molecule has 0 aromatic carbocycles. The third-order valence-corrected chi connectivity index (χ3v) is 9.53. The number of aliphatic hydroxyl groups excluding tert-OH is 1. The van der Waals surface area contributed by atoms with Gasteiger partial charge in [-0.2, -0.15) is 0 Å². The smallest absolute Gasteiger partial charge is 0.410 e. The largest absolute Gasteiger partial charge is 0.447 e. The minimum absolute atomic E-state index is 0.0133. The van der Waals surface area contributed by atoms with Crippen molar-refractivity contribution in [3.05, 3.63) is 0 Å². The highest BCUT2D eigenvalue weighted by Gasteiger charge is 2.50. The number of fused-ring (bicyclic) bond motifs is 1. The lowest BCUT2D eigenvalue weighted by Gasteiger charge is -2.54. The maximum atomic E-state index is 13.2. The zero-order valence-corrected chi connectivity index (χ0v) is 22.3. The van der Waals surface area contributed by atoms with E-state index in [2.05, 4.69) is 11.8 Å². The van der Waals surface area contributed by atoms with E-state index >= 15 is 0 Å². The number of amides is 3. The molecule has 202 valence electrons. The van der Waals surface area contributed by atoms with Crippen LogP contribution in [0.5, 0.6) is 0 Å². The predicted molar refractivity (Wildman–Crippen MR) is 135 cm³/mol. The number of ether oxygens (including phenoxy) is 1. The van der Waals surface area contributed by atoms with E-state index in [4.69, 9.17) is 4.74 Å². The van der Waals surface area contributed by atoms with Gasteiger partial charge in [-0.05, 0) is 96.8 Å². The van der Waals surface area contributed by atoms with Crippen LogP contribution in [-0.4, -0.2) is 87.7 Å². The molecule has 2 aliphatic heterocycles. The first-order chi connectivity index (χ1) is 17.2. The minimum atomic E-state index is -0.365. The molecule has 36 heavy (non-hydrogen) atoms. The van der Waals surface area contributed by atoms with Crippen molar-refractivity contribution >= 4 is 17.9 Å². The van der Waals surface area contributed by atoms with Crippen molar-refractivity contribution in [3.63, 3.8) is 0 Å². The lowest BCUT2D eigenvalue weighted by atomic mass is 9.68. The molecule has 1 N–H and O–H groups in total. The maximum Gasteiger partial charge on any atom is 0.410 e. The number of hydrogen-bond acceptors (Lipinski definition) is 5. The van der Waals surface area contributed by atoms with E-state index in [1.54, 1.807) is 0 Å². The molecule has 2 heterocycles. The number of aliphatic hydroxyl groups is 1. The molecule has 5 aliphatic rings. The highest BCUT2D eigenvalue weighted by molar-refractivity contribution is 5.82. The summed E-state index contributed by atoms with van der Waals surface area (Å²) >= 11 is 0. The average Bonchev–Trinajstić information content (AvgIpc) is 3.62. The van der Waals surface area contributed by atoms with Gasteiger partial charge >= 0.3 is 6.09 Å². The van der Waals surface area contributed by atoms with Crippen LogP contribution in [0.15, 0.2) is 0 Å². The molecule has 3 unspecified atom stereocenters. The van der Waals surface area contributed by atoms with E-state index < -0.39 is 0 Å². The van der Waals surface area contributed by atoms with Crippen molar-refractivity contribution in [2.24, 2.45) is 23.7 Å². The highest BCUT2D eigenvalue weighted by Crippen LogP contribution is 2.45. The Morgan fingerprint density at radius 3 is 2.06 bits per heavy atom. The van der Waals surface area contributed by atoms with Crippen molar-refractivity contribution in [3.8, 4) is 0 Å². The predicted octanol–water partition coefficient (Wildman–Crippen LogP) is 3.41. The van der Waals surface area contributed by atoms with E-state index in [1.165, 1.54) is 0 Å². The van der Waals surface area contributed by atoms with Gasteiger partial charge in [0.1, 0.15) is 0 Å². The Hall–Kier alpha value is -1.83. The Kier molecular flexibility index (Phi) is 7.53. The lowest BCUT2D eigenvalue weighted by Crippen LogP contribution is -2.67. The first kappa shape index (κ1) is 25.8. The topological polar surface area (TPSA) is 90.4 Å². The zero-order valence-electron chi connectivity index (χ0n) is 22.3. The molecule has 0 aromatic heterocycles. The van der Waals surface area contributed by atoms with E-state index in [0.29, 0.717) is 43.8 Å². The van der Waals surface area contributed by atoms with Gasteiger partial charge in [0.2, 0.25) is 11.8 Å². The van der Waals surface area contributed by atoms with E-state index in [-0.39, 0.29) is 54.2 Å². The number of nitrogens with zero attached hydrogens (tertiary/aromatic N) is 3. The van der Waals surface area contributed by atoms with Gasteiger partial charge in [-0.3, -0.25) is 9.59 Å². The molecule has 0 aromatic rings. The van der Waals surface area contributed by atoms with Gasteiger partial charge in [0.15, 0.2) is 0 Å². The van der Waals surface area contributed by atoms with Gasteiger partial charge in [0.05, 0.1) is 24.3 Å². The average molecular weight is 504 g/mol. The number of rotatable bonds is 4. The molecule has 8 heteroatoms. The Morgan fingerprint density at radius 2 is 1.44 bits per heavy atom. The summed E-state index contributed by atoms with van der Waals surface area (Å²) in [5.74, 6) is 1.86. The third kappa shape index (κ3) is 5.25. The summed E-state index contributed by atoms with van der Waals surface area (Å²) < 4.78 is 5.64.